The Kier molecular flexibility index (Phi) is 6.50. The van der Waals surface area contributed by atoms with Gasteiger partial charge in [-0.1, -0.05) is 35.9 Å². The zero-order valence-electron chi connectivity index (χ0n) is 16.9. The number of ether oxygens (including phenoxy) is 1. The van der Waals surface area contributed by atoms with Crippen LogP contribution < -0.4 is 5.32 Å². The number of carbonyl (C=O) groups excluding carboxylic acids is 1. The molecule has 1 heterocycles. The van der Waals surface area contributed by atoms with Gasteiger partial charge >= 0.3 is 6.09 Å². The lowest BCUT2D eigenvalue weighted by Gasteiger charge is -2.28. The summed E-state index contributed by atoms with van der Waals surface area (Å²) < 4.78 is 5.55. The molecule has 150 valence electrons. The highest BCUT2D eigenvalue weighted by atomic mass is 35.5. The molecule has 0 bridgehead atoms. The minimum atomic E-state index is -0.454. The molecule has 1 fully saturated rings. The molecule has 0 aliphatic carbocycles. The third kappa shape index (κ3) is 5.65. The number of likely N-dealkylation sites (tertiary alicyclic amines) is 1. The molecule has 3 rings (SSSR count). The van der Waals surface area contributed by atoms with Crippen LogP contribution in [0.5, 0.6) is 0 Å². The summed E-state index contributed by atoms with van der Waals surface area (Å²) in [5.74, 6) is 0. The first-order valence-electron chi connectivity index (χ1n) is 9.91. The molecule has 1 saturated heterocycles. The smallest absolute Gasteiger partial charge is 0.410 e. The number of hydrogen-bond donors (Lipinski definition) is 1. The largest absolute Gasteiger partial charge is 0.444 e. The van der Waals surface area contributed by atoms with E-state index < -0.39 is 5.60 Å². The molecule has 2 aromatic carbocycles. The Morgan fingerprint density at radius 3 is 2.64 bits per heavy atom. The second kappa shape index (κ2) is 8.87. The SMILES string of the molecule is CC(C)(C)OC(=O)N1CCCC1CCNc1cccc(-c2ccc(Cl)cc2)c1. The number of benzene rings is 2. The summed E-state index contributed by atoms with van der Waals surface area (Å²) in [5.41, 5.74) is 2.91. The fourth-order valence-electron chi connectivity index (χ4n) is 3.53. The molecule has 0 spiro atoms. The van der Waals surface area contributed by atoms with Gasteiger partial charge in [0, 0.05) is 29.8 Å². The van der Waals surface area contributed by atoms with Crippen molar-refractivity contribution in [1.29, 1.82) is 0 Å². The van der Waals surface area contributed by atoms with E-state index in [1.807, 2.05) is 49.9 Å². The minimum absolute atomic E-state index is 0.195. The number of amides is 1. The quantitative estimate of drug-likeness (QED) is 0.648. The van der Waals surface area contributed by atoms with Crippen LogP contribution in [0, 0.1) is 0 Å². The molecule has 4 nitrogen and oxygen atoms in total. The number of nitrogens with zero attached hydrogens (tertiary/aromatic N) is 1. The Morgan fingerprint density at radius 1 is 1.18 bits per heavy atom. The van der Waals surface area contributed by atoms with Gasteiger partial charge < -0.3 is 15.0 Å². The van der Waals surface area contributed by atoms with E-state index in [2.05, 4.69) is 29.6 Å². The molecular formula is C23H29ClN2O2. The van der Waals surface area contributed by atoms with E-state index in [1.54, 1.807) is 0 Å². The Hall–Kier alpha value is -2.20. The average Bonchev–Trinajstić information content (AvgIpc) is 3.10. The Morgan fingerprint density at radius 2 is 1.93 bits per heavy atom. The standard InChI is InChI=1S/C23H29ClN2O2/c1-23(2,3)28-22(27)26-15-5-8-21(26)13-14-25-20-7-4-6-18(16-20)17-9-11-19(24)12-10-17/h4,6-7,9-12,16,21,25H,5,8,13-15H2,1-3H3. The number of nitrogens with one attached hydrogen (secondary N) is 1. The lowest BCUT2D eigenvalue weighted by atomic mass is 10.1. The van der Waals surface area contributed by atoms with E-state index in [4.69, 9.17) is 16.3 Å². The maximum atomic E-state index is 12.4. The van der Waals surface area contributed by atoms with Crippen LogP contribution in [-0.2, 0) is 4.74 Å². The van der Waals surface area contributed by atoms with Crippen LogP contribution in [-0.4, -0.2) is 35.7 Å². The summed E-state index contributed by atoms with van der Waals surface area (Å²) in [6, 6.07) is 16.5. The van der Waals surface area contributed by atoms with Crippen LogP contribution in [0.4, 0.5) is 10.5 Å². The van der Waals surface area contributed by atoms with E-state index >= 15 is 0 Å². The van der Waals surface area contributed by atoms with Gasteiger partial charge in [-0.15, -0.1) is 0 Å². The van der Waals surface area contributed by atoms with Gasteiger partial charge in [0.05, 0.1) is 0 Å². The van der Waals surface area contributed by atoms with Crippen LogP contribution in [0.15, 0.2) is 48.5 Å². The Labute approximate surface area is 172 Å². The zero-order valence-corrected chi connectivity index (χ0v) is 17.6. The van der Waals surface area contributed by atoms with Crippen LogP contribution in [0.2, 0.25) is 5.02 Å². The van der Waals surface area contributed by atoms with Crippen LogP contribution >= 0.6 is 11.6 Å². The molecule has 1 atom stereocenters. The van der Waals surface area contributed by atoms with Crippen LogP contribution in [0.1, 0.15) is 40.0 Å². The van der Waals surface area contributed by atoms with Crippen LogP contribution in [0.3, 0.4) is 0 Å². The van der Waals surface area contributed by atoms with E-state index in [0.29, 0.717) is 0 Å². The van der Waals surface area contributed by atoms with Crippen molar-refractivity contribution in [3.05, 3.63) is 53.6 Å². The zero-order chi connectivity index (χ0) is 20.1. The predicted molar refractivity (Wildman–Crippen MR) is 116 cm³/mol. The first-order chi connectivity index (χ1) is 13.3. The van der Waals surface area contributed by atoms with E-state index in [9.17, 15) is 4.79 Å². The van der Waals surface area contributed by atoms with Crippen molar-refractivity contribution < 1.29 is 9.53 Å². The van der Waals surface area contributed by atoms with Gasteiger partial charge in [-0.05, 0) is 75.4 Å². The molecule has 1 aliphatic heterocycles. The molecule has 0 aromatic heterocycles. The van der Waals surface area contributed by atoms with Gasteiger partial charge in [-0.25, -0.2) is 4.79 Å². The summed E-state index contributed by atoms with van der Waals surface area (Å²) >= 11 is 5.98. The number of anilines is 1. The molecule has 2 aromatic rings. The third-order valence-electron chi connectivity index (χ3n) is 4.85. The molecule has 0 saturated carbocycles. The maximum absolute atomic E-state index is 12.4. The van der Waals surface area contributed by atoms with Gasteiger partial charge in [0.15, 0.2) is 0 Å². The fourth-order valence-corrected chi connectivity index (χ4v) is 3.66. The number of rotatable bonds is 5. The monoisotopic (exact) mass is 400 g/mol. The van der Waals surface area contributed by atoms with E-state index in [-0.39, 0.29) is 12.1 Å². The fraction of sp³-hybridized carbons (Fsp3) is 0.435. The minimum Gasteiger partial charge on any atom is -0.444 e. The molecule has 1 N–H and O–H groups in total. The summed E-state index contributed by atoms with van der Waals surface area (Å²) in [6.45, 7) is 7.32. The van der Waals surface area contributed by atoms with Gasteiger partial charge in [0.25, 0.3) is 0 Å². The average molecular weight is 401 g/mol. The summed E-state index contributed by atoms with van der Waals surface area (Å²) in [6.07, 6.45) is 2.78. The van der Waals surface area contributed by atoms with Gasteiger partial charge in [-0.2, -0.15) is 0 Å². The number of carbonyl (C=O) groups is 1. The number of hydrogen-bond acceptors (Lipinski definition) is 3. The first-order valence-corrected chi connectivity index (χ1v) is 10.3. The molecule has 5 heteroatoms. The second-order valence-electron chi connectivity index (χ2n) is 8.27. The lowest BCUT2D eigenvalue weighted by molar-refractivity contribution is 0.0223. The van der Waals surface area contributed by atoms with Crippen LogP contribution in [0.25, 0.3) is 11.1 Å². The van der Waals surface area contributed by atoms with Crippen molar-refractivity contribution in [3.8, 4) is 11.1 Å². The van der Waals surface area contributed by atoms with Gasteiger partial charge in [0.1, 0.15) is 5.60 Å². The highest BCUT2D eigenvalue weighted by Crippen LogP contribution is 2.26. The van der Waals surface area contributed by atoms with Crippen molar-refractivity contribution >= 4 is 23.4 Å². The van der Waals surface area contributed by atoms with E-state index in [0.717, 1.165) is 54.2 Å². The third-order valence-corrected chi connectivity index (χ3v) is 5.10. The van der Waals surface area contributed by atoms with Crippen molar-refractivity contribution in [2.24, 2.45) is 0 Å². The molecule has 28 heavy (non-hydrogen) atoms. The molecular weight excluding hydrogens is 372 g/mol. The van der Waals surface area contributed by atoms with Crippen molar-refractivity contribution in [2.45, 2.75) is 51.7 Å². The topological polar surface area (TPSA) is 41.6 Å². The summed E-state index contributed by atoms with van der Waals surface area (Å²) in [5, 5.41) is 4.24. The Balaban J connectivity index is 1.55. The van der Waals surface area contributed by atoms with Gasteiger partial charge in [0.2, 0.25) is 0 Å². The summed E-state index contributed by atoms with van der Waals surface area (Å²) in [4.78, 5) is 14.3. The molecule has 1 unspecified atom stereocenters. The van der Waals surface area contributed by atoms with Crippen molar-refractivity contribution in [2.75, 3.05) is 18.4 Å². The highest BCUT2D eigenvalue weighted by molar-refractivity contribution is 6.30. The molecule has 1 amide bonds. The molecule has 0 radical (unpaired) electrons. The Bertz CT molecular complexity index is 799. The molecule has 1 aliphatic rings. The summed E-state index contributed by atoms with van der Waals surface area (Å²) in [7, 11) is 0. The first kappa shape index (κ1) is 20.5. The van der Waals surface area contributed by atoms with E-state index in [1.165, 1.54) is 0 Å². The van der Waals surface area contributed by atoms with Crippen molar-refractivity contribution in [3.63, 3.8) is 0 Å². The lowest BCUT2D eigenvalue weighted by Crippen LogP contribution is -2.40. The second-order valence-corrected chi connectivity index (χ2v) is 8.71. The predicted octanol–water partition coefficient (Wildman–Crippen LogP) is 6.21. The maximum Gasteiger partial charge on any atom is 0.410 e. The van der Waals surface area contributed by atoms with Crippen molar-refractivity contribution in [1.82, 2.24) is 4.90 Å². The number of halogens is 1. The normalized spacial score (nSPS) is 16.9. The highest BCUT2D eigenvalue weighted by Gasteiger charge is 2.31. The van der Waals surface area contributed by atoms with Gasteiger partial charge in [-0.3, -0.25) is 0 Å².